The summed E-state index contributed by atoms with van der Waals surface area (Å²) < 4.78 is 5.53. The highest BCUT2D eigenvalue weighted by molar-refractivity contribution is 5.76. The standard InChI is InChI=1S/C17H25N3O4/c1-11(2)24-15-7-13(4-5-18-15)8-19-17(23)20-9-12(3)6-14(10-20)16(21)22/h4-5,7,11-12,14H,6,8-10H2,1-3H3,(H,19,23)(H,21,22). The van der Waals surface area contributed by atoms with Gasteiger partial charge in [0.1, 0.15) is 0 Å². The quantitative estimate of drug-likeness (QED) is 0.860. The molecule has 0 aromatic carbocycles. The van der Waals surface area contributed by atoms with Crippen molar-refractivity contribution in [1.82, 2.24) is 15.2 Å². The van der Waals surface area contributed by atoms with E-state index in [2.05, 4.69) is 10.3 Å². The van der Waals surface area contributed by atoms with Gasteiger partial charge in [-0.3, -0.25) is 4.79 Å². The molecule has 0 aliphatic carbocycles. The predicted molar refractivity (Wildman–Crippen MR) is 88.7 cm³/mol. The number of hydrogen-bond acceptors (Lipinski definition) is 4. The van der Waals surface area contributed by atoms with Crippen LogP contribution < -0.4 is 10.1 Å². The third-order valence-corrected chi connectivity index (χ3v) is 3.90. The largest absolute Gasteiger partial charge is 0.481 e. The zero-order chi connectivity index (χ0) is 17.7. The van der Waals surface area contributed by atoms with Gasteiger partial charge in [-0.1, -0.05) is 6.92 Å². The van der Waals surface area contributed by atoms with Crippen LogP contribution in [0.2, 0.25) is 0 Å². The number of piperidine rings is 1. The maximum Gasteiger partial charge on any atom is 0.317 e. The monoisotopic (exact) mass is 335 g/mol. The molecule has 0 saturated carbocycles. The lowest BCUT2D eigenvalue weighted by Crippen LogP contribution is -2.49. The Hall–Kier alpha value is -2.31. The van der Waals surface area contributed by atoms with Crippen LogP contribution in [-0.4, -0.2) is 46.2 Å². The van der Waals surface area contributed by atoms with Gasteiger partial charge in [-0.25, -0.2) is 9.78 Å². The van der Waals surface area contributed by atoms with Crippen LogP contribution in [0.25, 0.3) is 0 Å². The average molecular weight is 335 g/mol. The molecular formula is C17H25N3O4. The molecule has 1 aromatic rings. The Morgan fingerprint density at radius 1 is 1.46 bits per heavy atom. The lowest BCUT2D eigenvalue weighted by Gasteiger charge is -2.34. The summed E-state index contributed by atoms with van der Waals surface area (Å²) in [5.41, 5.74) is 0.883. The summed E-state index contributed by atoms with van der Waals surface area (Å²) in [6.45, 7) is 6.99. The second-order valence-electron chi connectivity index (χ2n) is 6.61. The SMILES string of the molecule is CC1CC(C(=O)O)CN(C(=O)NCc2ccnc(OC(C)C)c2)C1. The number of pyridine rings is 1. The number of urea groups is 1. The Morgan fingerprint density at radius 3 is 2.88 bits per heavy atom. The summed E-state index contributed by atoms with van der Waals surface area (Å²) in [6, 6.07) is 3.36. The molecule has 1 saturated heterocycles. The maximum atomic E-state index is 12.3. The Bertz CT molecular complexity index is 591. The fraction of sp³-hybridized carbons (Fsp3) is 0.588. The van der Waals surface area contributed by atoms with E-state index in [1.165, 1.54) is 0 Å². The first kappa shape index (κ1) is 18.0. The van der Waals surface area contributed by atoms with Gasteiger partial charge in [0.2, 0.25) is 5.88 Å². The number of rotatable bonds is 5. The average Bonchev–Trinajstić information content (AvgIpc) is 2.51. The first-order valence-electron chi connectivity index (χ1n) is 8.22. The number of ether oxygens (including phenoxy) is 1. The van der Waals surface area contributed by atoms with E-state index in [-0.39, 0.29) is 24.6 Å². The zero-order valence-corrected chi connectivity index (χ0v) is 14.4. The summed E-state index contributed by atoms with van der Waals surface area (Å²) >= 11 is 0. The van der Waals surface area contributed by atoms with Crippen molar-refractivity contribution < 1.29 is 19.4 Å². The number of aliphatic carboxylic acids is 1. The number of carbonyl (C=O) groups excluding carboxylic acids is 1. The predicted octanol–water partition coefficient (Wildman–Crippen LogP) is 2.12. The van der Waals surface area contributed by atoms with E-state index in [1.54, 1.807) is 17.2 Å². The van der Waals surface area contributed by atoms with E-state index >= 15 is 0 Å². The lowest BCUT2D eigenvalue weighted by molar-refractivity contribution is -0.143. The van der Waals surface area contributed by atoms with Gasteiger partial charge >= 0.3 is 12.0 Å². The van der Waals surface area contributed by atoms with E-state index in [1.807, 2.05) is 26.8 Å². The molecule has 132 valence electrons. The zero-order valence-electron chi connectivity index (χ0n) is 14.4. The van der Waals surface area contributed by atoms with Gasteiger partial charge in [0.25, 0.3) is 0 Å². The second kappa shape index (κ2) is 7.99. The summed E-state index contributed by atoms with van der Waals surface area (Å²) in [5, 5.41) is 12.0. The van der Waals surface area contributed by atoms with Gasteiger partial charge < -0.3 is 20.1 Å². The van der Waals surface area contributed by atoms with Gasteiger partial charge in [-0.05, 0) is 37.8 Å². The van der Waals surface area contributed by atoms with Gasteiger partial charge in [0, 0.05) is 31.9 Å². The van der Waals surface area contributed by atoms with Crippen LogP contribution >= 0.6 is 0 Å². The van der Waals surface area contributed by atoms with Crippen molar-refractivity contribution in [2.75, 3.05) is 13.1 Å². The fourth-order valence-electron chi connectivity index (χ4n) is 2.85. The van der Waals surface area contributed by atoms with Crippen molar-refractivity contribution in [3.63, 3.8) is 0 Å². The van der Waals surface area contributed by atoms with Crippen molar-refractivity contribution in [1.29, 1.82) is 0 Å². The van der Waals surface area contributed by atoms with Crippen molar-refractivity contribution in [3.05, 3.63) is 23.9 Å². The molecular weight excluding hydrogens is 310 g/mol. The van der Waals surface area contributed by atoms with Crippen LogP contribution in [0.1, 0.15) is 32.8 Å². The minimum Gasteiger partial charge on any atom is -0.481 e. The van der Waals surface area contributed by atoms with Crippen molar-refractivity contribution >= 4 is 12.0 Å². The van der Waals surface area contributed by atoms with Gasteiger partial charge in [0.15, 0.2) is 0 Å². The van der Waals surface area contributed by atoms with Gasteiger partial charge in [-0.15, -0.1) is 0 Å². The molecule has 1 aliphatic heterocycles. The molecule has 1 fully saturated rings. The normalized spacial score (nSPS) is 20.8. The molecule has 1 aromatic heterocycles. The molecule has 0 spiro atoms. The molecule has 2 heterocycles. The van der Waals surface area contributed by atoms with Crippen LogP contribution in [0, 0.1) is 11.8 Å². The Balaban J connectivity index is 1.91. The number of carbonyl (C=O) groups is 2. The van der Waals surface area contributed by atoms with Crippen LogP contribution in [0.15, 0.2) is 18.3 Å². The molecule has 7 heteroatoms. The Kier molecular flexibility index (Phi) is 6.00. The third kappa shape index (κ3) is 5.11. The van der Waals surface area contributed by atoms with Gasteiger partial charge in [-0.2, -0.15) is 0 Å². The van der Waals surface area contributed by atoms with Crippen molar-refractivity contribution in [3.8, 4) is 5.88 Å². The van der Waals surface area contributed by atoms with Gasteiger partial charge in [0.05, 0.1) is 12.0 Å². The number of carboxylic acid groups (broad SMARTS) is 1. The highest BCUT2D eigenvalue weighted by Crippen LogP contribution is 2.21. The maximum absolute atomic E-state index is 12.3. The second-order valence-corrected chi connectivity index (χ2v) is 6.61. The summed E-state index contributed by atoms with van der Waals surface area (Å²) in [4.78, 5) is 29.2. The summed E-state index contributed by atoms with van der Waals surface area (Å²) in [5.74, 6) is -0.637. The van der Waals surface area contributed by atoms with Crippen LogP contribution in [-0.2, 0) is 11.3 Å². The Morgan fingerprint density at radius 2 is 2.21 bits per heavy atom. The fourth-order valence-corrected chi connectivity index (χ4v) is 2.85. The van der Waals surface area contributed by atoms with Crippen LogP contribution in [0.5, 0.6) is 5.88 Å². The van der Waals surface area contributed by atoms with Crippen LogP contribution in [0.4, 0.5) is 4.79 Å². The smallest absolute Gasteiger partial charge is 0.317 e. The number of aromatic nitrogens is 1. The van der Waals surface area contributed by atoms with E-state index in [0.29, 0.717) is 25.4 Å². The lowest BCUT2D eigenvalue weighted by atomic mass is 9.91. The molecule has 2 unspecified atom stereocenters. The summed E-state index contributed by atoms with van der Waals surface area (Å²) in [7, 11) is 0. The molecule has 0 radical (unpaired) electrons. The van der Waals surface area contributed by atoms with E-state index < -0.39 is 11.9 Å². The molecule has 0 bridgehead atoms. The number of amides is 2. The highest BCUT2D eigenvalue weighted by Gasteiger charge is 2.31. The number of hydrogen-bond donors (Lipinski definition) is 2. The molecule has 7 nitrogen and oxygen atoms in total. The number of nitrogens with one attached hydrogen (secondary N) is 1. The molecule has 2 N–H and O–H groups in total. The number of nitrogens with zero attached hydrogens (tertiary/aromatic N) is 2. The summed E-state index contributed by atoms with van der Waals surface area (Å²) in [6.07, 6.45) is 2.28. The molecule has 2 atom stereocenters. The minimum absolute atomic E-state index is 0.0325. The van der Waals surface area contributed by atoms with E-state index in [9.17, 15) is 14.7 Å². The number of likely N-dealkylation sites (tertiary alicyclic amines) is 1. The topological polar surface area (TPSA) is 91.8 Å². The first-order chi connectivity index (χ1) is 11.3. The molecule has 24 heavy (non-hydrogen) atoms. The first-order valence-corrected chi connectivity index (χ1v) is 8.22. The van der Waals surface area contributed by atoms with Crippen molar-refractivity contribution in [2.45, 2.75) is 39.8 Å². The van der Waals surface area contributed by atoms with Crippen LogP contribution in [0.3, 0.4) is 0 Å². The molecule has 2 rings (SSSR count). The van der Waals surface area contributed by atoms with Crippen molar-refractivity contribution in [2.24, 2.45) is 11.8 Å². The highest BCUT2D eigenvalue weighted by atomic mass is 16.5. The van der Waals surface area contributed by atoms with E-state index in [4.69, 9.17) is 4.74 Å². The number of carboxylic acids is 1. The third-order valence-electron chi connectivity index (χ3n) is 3.90. The Labute approximate surface area is 142 Å². The molecule has 1 aliphatic rings. The minimum atomic E-state index is -0.844. The molecule has 2 amide bonds. The van der Waals surface area contributed by atoms with E-state index in [0.717, 1.165) is 5.56 Å².